The van der Waals surface area contributed by atoms with E-state index in [1.165, 1.54) is 0 Å². The average molecular weight is 189 g/mol. The summed E-state index contributed by atoms with van der Waals surface area (Å²) >= 11 is 9.85. The highest BCUT2D eigenvalue weighted by atomic mass is 35.5. The van der Waals surface area contributed by atoms with Crippen molar-refractivity contribution in [3.05, 3.63) is 28.8 Å². The molecule has 0 radical (unpaired) electrons. The molecule has 0 amide bonds. The Bertz CT molecular complexity index is 260. The van der Waals surface area contributed by atoms with Crippen LogP contribution in [0.5, 0.6) is 0 Å². The highest BCUT2D eigenvalue weighted by molar-refractivity contribution is 7.80. The second-order valence-corrected chi connectivity index (χ2v) is 3.30. The first-order valence-electron chi connectivity index (χ1n) is 3.27. The highest BCUT2D eigenvalue weighted by Crippen LogP contribution is 2.24. The summed E-state index contributed by atoms with van der Waals surface area (Å²) in [5, 5.41) is 9.84. The first-order valence-corrected chi connectivity index (χ1v) is 4.10. The Hall–Kier alpha value is -0.180. The van der Waals surface area contributed by atoms with E-state index in [0.717, 1.165) is 10.5 Å². The zero-order valence-electron chi connectivity index (χ0n) is 6.08. The summed E-state index contributed by atoms with van der Waals surface area (Å²) in [6.45, 7) is 1.70. The number of aliphatic hydroxyl groups excluding tert-OH is 1. The number of hydrogen-bond acceptors (Lipinski definition) is 2. The summed E-state index contributed by atoms with van der Waals surface area (Å²) in [7, 11) is 0. The van der Waals surface area contributed by atoms with Crippen LogP contribution in [0.2, 0.25) is 5.02 Å². The lowest BCUT2D eigenvalue weighted by molar-refractivity contribution is 0.196. The molecule has 1 nitrogen and oxygen atoms in total. The number of thiol groups is 1. The van der Waals surface area contributed by atoms with Crippen LogP contribution in [0.15, 0.2) is 23.1 Å². The molecule has 0 fully saturated rings. The van der Waals surface area contributed by atoms with Gasteiger partial charge in [0, 0.05) is 9.92 Å². The highest BCUT2D eigenvalue weighted by Gasteiger charge is 2.04. The molecular formula is C8H9ClOS. The molecule has 3 heteroatoms. The Labute approximate surface area is 76.4 Å². The van der Waals surface area contributed by atoms with Gasteiger partial charge in [-0.2, -0.15) is 0 Å². The van der Waals surface area contributed by atoms with Crippen molar-refractivity contribution in [2.24, 2.45) is 0 Å². The number of benzene rings is 1. The van der Waals surface area contributed by atoms with Gasteiger partial charge in [0.1, 0.15) is 0 Å². The minimum absolute atomic E-state index is 0.486. The predicted molar refractivity (Wildman–Crippen MR) is 49.3 cm³/mol. The summed E-state index contributed by atoms with van der Waals surface area (Å²) in [5.41, 5.74) is 0.803. The number of aliphatic hydroxyl groups is 1. The minimum Gasteiger partial charge on any atom is -0.389 e. The van der Waals surface area contributed by atoms with E-state index >= 15 is 0 Å². The SMILES string of the molecule is CC(O)c1ccc(Cl)cc1S. The van der Waals surface area contributed by atoms with E-state index in [1.54, 1.807) is 25.1 Å². The van der Waals surface area contributed by atoms with Gasteiger partial charge >= 0.3 is 0 Å². The van der Waals surface area contributed by atoms with Crippen molar-refractivity contribution < 1.29 is 5.11 Å². The molecule has 0 aliphatic heterocycles. The third kappa shape index (κ3) is 2.12. The van der Waals surface area contributed by atoms with Gasteiger partial charge in [0.15, 0.2) is 0 Å². The van der Waals surface area contributed by atoms with Crippen molar-refractivity contribution in [2.45, 2.75) is 17.9 Å². The normalized spacial score (nSPS) is 13.1. The molecule has 0 spiro atoms. The number of halogens is 1. The molecule has 1 aromatic rings. The summed E-state index contributed by atoms with van der Waals surface area (Å²) in [5.74, 6) is 0. The lowest BCUT2D eigenvalue weighted by atomic mass is 10.1. The van der Waals surface area contributed by atoms with Gasteiger partial charge in [-0.25, -0.2) is 0 Å². The van der Waals surface area contributed by atoms with Gasteiger partial charge in [-0.05, 0) is 24.6 Å². The predicted octanol–water partition coefficient (Wildman–Crippen LogP) is 2.68. The summed E-state index contributed by atoms with van der Waals surface area (Å²) < 4.78 is 0. The van der Waals surface area contributed by atoms with Gasteiger partial charge in [-0.3, -0.25) is 0 Å². The lowest BCUT2D eigenvalue weighted by Crippen LogP contribution is -1.91. The van der Waals surface area contributed by atoms with Crippen LogP contribution in [0.3, 0.4) is 0 Å². The van der Waals surface area contributed by atoms with Crippen LogP contribution in [0, 0.1) is 0 Å². The fraction of sp³-hybridized carbons (Fsp3) is 0.250. The van der Waals surface area contributed by atoms with Crippen LogP contribution in [-0.2, 0) is 0 Å². The van der Waals surface area contributed by atoms with Crippen LogP contribution in [-0.4, -0.2) is 5.11 Å². The van der Waals surface area contributed by atoms with Crippen LogP contribution in [0.4, 0.5) is 0 Å². The average Bonchev–Trinajstić information content (AvgIpc) is 1.85. The smallest absolute Gasteiger partial charge is 0.0772 e. The molecule has 0 saturated heterocycles. The van der Waals surface area contributed by atoms with Crippen molar-refractivity contribution in [3.63, 3.8) is 0 Å². The molecule has 1 atom stereocenters. The molecule has 0 aliphatic rings. The second-order valence-electron chi connectivity index (χ2n) is 2.38. The van der Waals surface area contributed by atoms with Crippen molar-refractivity contribution in [3.8, 4) is 0 Å². The molecule has 60 valence electrons. The minimum atomic E-state index is -0.486. The Balaban J connectivity index is 3.09. The van der Waals surface area contributed by atoms with Crippen molar-refractivity contribution in [2.75, 3.05) is 0 Å². The standard InChI is InChI=1S/C8H9ClOS/c1-5(10)7-3-2-6(9)4-8(7)11/h2-5,10-11H,1H3. The van der Waals surface area contributed by atoms with E-state index in [2.05, 4.69) is 12.6 Å². The molecule has 0 aliphatic carbocycles. The van der Waals surface area contributed by atoms with E-state index in [4.69, 9.17) is 11.6 Å². The fourth-order valence-electron chi connectivity index (χ4n) is 0.870. The van der Waals surface area contributed by atoms with Crippen molar-refractivity contribution >= 4 is 24.2 Å². The third-order valence-electron chi connectivity index (χ3n) is 1.44. The fourth-order valence-corrected chi connectivity index (χ4v) is 1.52. The van der Waals surface area contributed by atoms with Gasteiger partial charge in [0.05, 0.1) is 6.10 Å². The van der Waals surface area contributed by atoms with E-state index in [1.807, 2.05) is 0 Å². The lowest BCUT2D eigenvalue weighted by Gasteiger charge is -2.07. The molecule has 0 heterocycles. The monoisotopic (exact) mass is 188 g/mol. The van der Waals surface area contributed by atoms with E-state index in [0.29, 0.717) is 5.02 Å². The zero-order chi connectivity index (χ0) is 8.43. The summed E-state index contributed by atoms with van der Waals surface area (Å²) in [6, 6.07) is 5.23. The Morgan fingerprint density at radius 3 is 2.64 bits per heavy atom. The molecule has 1 unspecified atom stereocenters. The molecular weight excluding hydrogens is 180 g/mol. The molecule has 1 aromatic carbocycles. The van der Waals surface area contributed by atoms with Crippen molar-refractivity contribution in [1.82, 2.24) is 0 Å². The maximum absolute atomic E-state index is 9.20. The molecule has 0 saturated carbocycles. The zero-order valence-corrected chi connectivity index (χ0v) is 7.73. The number of hydrogen-bond donors (Lipinski definition) is 2. The Morgan fingerprint density at radius 2 is 2.18 bits per heavy atom. The maximum Gasteiger partial charge on any atom is 0.0772 e. The summed E-state index contributed by atoms with van der Waals surface area (Å²) in [4.78, 5) is 0.729. The Morgan fingerprint density at radius 1 is 1.55 bits per heavy atom. The van der Waals surface area contributed by atoms with Crippen LogP contribution >= 0.6 is 24.2 Å². The molecule has 0 aromatic heterocycles. The Kier molecular flexibility index (Phi) is 2.82. The van der Waals surface area contributed by atoms with Gasteiger partial charge in [-0.1, -0.05) is 17.7 Å². The topological polar surface area (TPSA) is 20.2 Å². The molecule has 11 heavy (non-hydrogen) atoms. The van der Waals surface area contributed by atoms with Crippen molar-refractivity contribution in [1.29, 1.82) is 0 Å². The maximum atomic E-state index is 9.20. The van der Waals surface area contributed by atoms with Gasteiger partial charge < -0.3 is 5.11 Å². The van der Waals surface area contributed by atoms with E-state index < -0.39 is 6.10 Å². The van der Waals surface area contributed by atoms with E-state index in [9.17, 15) is 5.11 Å². The van der Waals surface area contributed by atoms with E-state index in [-0.39, 0.29) is 0 Å². The van der Waals surface area contributed by atoms with Crippen LogP contribution in [0.1, 0.15) is 18.6 Å². The van der Waals surface area contributed by atoms with Gasteiger partial charge in [0.2, 0.25) is 0 Å². The van der Waals surface area contributed by atoms with Gasteiger partial charge in [-0.15, -0.1) is 12.6 Å². The quantitative estimate of drug-likeness (QED) is 0.650. The van der Waals surface area contributed by atoms with Crippen LogP contribution < -0.4 is 0 Å². The van der Waals surface area contributed by atoms with Crippen LogP contribution in [0.25, 0.3) is 0 Å². The largest absolute Gasteiger partial charge is 0.389 e. The molecule has 0 bridgehead atoms. The molecule has 1 N–H and O–H groups in total. The first-order chi connectivity index (χ1) is 5.11. The molecule has 1 rings (SSSR count). The third-order valence-corrected chi connectivity index (χ3v) is 2.06. The van der Waals surface area contributed by atoms with Gasteiger partial charge in [0.25, 0.3) is 0 Å². The first kappa shape index (κ1) is 8.91. The summed E-state index contributed by atoms with van der Waals surface area (Å²) in [6.07, 6.45) is -0.486. The number of rotatable bonds is 1. The second kappa shape index (κ2) is 3.48.